The van der Waals surface area contributed by atoms with Gasteiger partial charge in [0.1, 0.15) is 12.6 Å². The molecule has 2 atom stereocenters. The molecule has 0 heterocycles. The number of hydrogen-bond donors (Lipinski definition) is 4. The van der Waals surface area contributed by atoms with E-state index >= 15 is 0 Å². The topological polar surface area (TPSA) is 155 Å². The van der Waals surface area contributed by atoms with E-state index in [2.05, 4.69) is 10.6 Å². The molecule has 2 rings (SSSR count). The lowest BCUT2D eigenvalue weighted by Gasteiger charge is -2.17. The molecule has 5 N–H and O–H groups in total. The number of alkyl carbamates (subject to hydrolysis) is 1. The fourth-order valence-electron chi connectivity index (χ4n) is 2.69. The van der Waals surface area contributed by atoms with E-state index < -0.39 is 30.1 Å². The number of nitrogens with zero attached hydrogens (tertiary/aromatic N) is 1. The van der Waals surface area contributed by atoms with Crippen LogP contribution in [0.15, 0.2) is 54.6 Å². The molecule has 9 nitrogen and oxygen atoms in total. The first-order valence-electron chi connectivity index (χ1n) is 9.57. The van der Waals surface area contributed by atoms with E-state index in [9.17, 15) is 19.5 Å². The number of carbonyl (C=O) groups excluding carboxylic acids is 3. The van der Waals surface area contributed by atoms with E-state index in [4.69, 9.17) is 15.7 Å². The van der Waals surface area contributed by atoms with E-state index in [0.29, 0.717) is 11.1 Å². The molecule has 0 aliphatic heterocycles. The Labute approximate surface area is 179 Å². The summed E-state index contributed by atoms with van der Waals surface area (Å²) < 4.78 is 5.02. The predicted molar refractivity (Wildman–Crippen MR) is 111 cm³/mol. The molecule has 2 aromatic carbocycles. The minimum absolute atomic E-state index is 0.0822. The molecule has 0 saturated heterocycles. The van der Waals surface area contributed by atoms with Gasteiger partial charge in [0.2, 0.25) is 11.8 Å². The van der Waals surface area contributed by atoms with Crippen molar-refractivity contribution in [2.75, 3.05) is 6.54 Å². The highest BCUT2D eigenvalue weighted by Gasteiger charge is 2.21. The average molecular weight is 424 g/mol. The Hall–Kier alpha value is -3.90. The Balaban J connectivity index is 1.74. The molecule has 0 unspecified atom stereocenters. The third-order valence-corrected chi connectivity index (χ3v) is 4.32. The minimum atomic E-state index is -1.17. The number of nitriles is 1. The van der Waals surface area contributed by atoms with Gasteiger partial charge in [-0.2, -0.15) is 5.26 Å². The molecule has 31 heavy (non-hydrogen) atoms. The summed E-state index contributed by atoms with van der Waals surface area (Å²) in [4.78, 5) is 35.5. The minimum Gasteiger partial charge on any atom is -0.445 e. The van der Waals surface area contributed by atoms with Crippen LogP contribution in [0.2, 0.25) is 0 Å². The molecule has 162 valence electrons. The third-order valence-electron chi connectivity index (χ3n) is 4.32. The maximum Gasteiger partial charge on any atom is 0.407 e. The van der Waals surface area contributed by atoms with Gasteiger partial charge in [-0.1, -0.05) is 42.5 Å². The number of ether oxygens (including phenoxy) is 1. The third kappa shape index (κ3) is 8.55. The van der Waals surface area contributed by atoms with E-state index in [0.717, 1.165) is 5.56 Å². The standard InChI is InChI=1S/C22H24N4O5/c23-12-16-8-6-15(7-9-16)10-19(21(24)29)26-20(28)11-18(27)13-25-22(30)31-14-17-4-2-1-3-5-17/h1-9,18-19,27H,10-11,13-14H2,(H2,24,29)(H,25,30)(H,26,28)/t18-,19-/m0/s1. The van der Waals surface area contributed by atoms with Crippen LogP contribution in [-0.2, 0) is 27.4 Å². The van der Waals surface area contributed by atoms with E-state index in [1.165, 1.54) is 0 Å². The van der Waals surface area contributed by atoms with Gasteiger partial charge < -0.3 is 26.2 Å². The van der Waals surface area contributed by atoms with Crippen molar-refractivity contribution >= 4 is 17.9 Å². The normalized spacial score (nSPS) is 12.1. The second kappa shape index (κ2) is 11.9. The fourth-order valence-corrected chi connectivity index (χ4v) is 2.69. The van der Waals surface area contributed by atoms with Crippen molar-refractivity contribution in [3.05, 3.63) is 71.3 Å². The van der Waals surface area contributed by atoms with Crippen LogP contribution in [0.3, 0.4) is 0 Å². The summed E-state index contributed by atoms with van der Waals surface area (Å²) in [5.41, 5.74) is 7.36. The highest BCUT2D eigenvalue weighted by atomic mass is 16.5. The van der Waals surface area contributed by atoms with E-state index in [1.807, 2.05) is 24.3 Å². The van der Waals surface area contributed by atoms with Crippen molar-refractivity contribution in [2.45, 2.75) is 31.6 Å². The summed E-state index contributed by atoms with van der Waals surface area (Å²) in [6.07, 6.45) is -2.09. The first-order chi connectivity index (χ1) is 14.9. The number of carbonyl (C=O) groups is 3. The molecule has 0 saturated carbocycles. The van der Waals surface area contributed by atoms with Gasteiger partial charge in [0.25, 0.3) is 0 Å². The average Bonchev–Trinajstić information content (AvgIpc) is 2.77. The van der Waals surface area contributed by atoms with Gasteiger partial charge in [0.05, 0.1) is 24.2 Å². The van der Waals surface area contributed by atoms with Gasteiger partial charge in [0.15, 0.2) is 0 Å². The maximum atomic E-state index is 12.1. The number of hydrogen-bond acceptors (Lipinski definition) is 6. The molecule has 0 radical (unpaired) electrons. The van der Waals surface area contributed by atoms with Crippen LogP contribution in [0.1, 0.15) is 23.1 Å². The van der Waals surface area contributed by atoms with E-state index in [-0.39, 0.29) is 26.0 Å². The zero-order valence-electron chi connectivity index (χ0n) is 16.8. The number of primary amides is 1. The molecule has 0 aliphatic carbocycles. The summed E-state index contributed by atoms with van der Waals surface area (Å²) in [7, 11) is 0. The molecule has 0 aliphatic rings. The van der Waals surface area contributed by atoms with Crippen LogP contribution in [0.25, 0.3) is 0 Å². The molecule has 3 amide bonds. The van der Waals surface area contributed by atoms with Crippen LogP contribution in [0, 0.1) is 11.3 Å². The number of nitrogens with two attached hydrogens (primary N) is 1. The Morgan fingerprint density at radius 3 is 2.35 bits per heavy atom. The summed E-state index contributed by atoms with van der Waals surface area (Å²) in [6.45, 7) is -0.114. The Morgan fingerprint density at radius 1 is 1.06 bits per heavy atom. The summed E-state index contributed by atoms with van der Waals surface area (Å²) in [5.74, 6) is -1.32. The van der Waals surface area contributed by atoms with Crippen LogP contribution >= 0.6 is 0 Å². The SMILES string of the molecule is N#Cc1ccc(C[C@H](NC(=O)C[C@H](O)CNC(=O)OCc2ccccc2)C(N)=O)cc1. The van der Waals surface area contributed by atoms with Crippen molar-refractivity contribution < 1.29 is 24.2 Å². The second-order valence-corrected chi connectivity index (χ2v) is 6.84. The van der Waals surface area contributed by atoms with Crippen molar-refractivity contribution in [1.82, 2.24) is 10.6 Å². The van der Waals surface area contributed by atoms with Gasteiger partial charge in [-0.15, -0.1) is 0 Å². The Bertz CT molecular complexity index is 925. The fraction of sp³-hybridized carbons (Fsp3) is 0.273. The van der Waals surface area contributed by atoms with Crippen LogP contribution in [0.5, 0.6) is 0 Å². The first-order valence-corrected chi connectivity index (χ1v) is 9.57. The summed E-state index contributed by atoms with van der Waals surface area (Å²) in [5, 5.41) is 23.6. The monoisotopic (exact) mass is 424 g/mol. The van der Waals surface area contributed by atoms with Crippen molar-refractivity contribution in [3.63, 3.8) is 0 Å². The lowest BCUT2D eigenvalue weighted by Crippen LogP contribution is -2.47. The number of nitrogens with one attached hydrogen (secondary N) is 2. The van der Waals surface area contributed by atoms with Crippen LogP contribution < -0.4 is 16.4 Å². The van der Waals surface area contributed by atoms with Crippen molar-refractivity contribution in [2.24, 2.45) is 5.73 Å². The van der Waals surface area contributed by atoms with Gasteiger partial charge in [-0.3, -0.25) is 9.59 Å². The van der Waals surface area contributed by atoms with Gasteiger partial charge >= 0.3 is 6.09 Å². The smallest absolute Gasteiger partial charge is 0.407 e. The number of rotatable bonds is 10. The largest absolute Gasteiger partial charge is 0.445 e. The number of benzene rings is 2. The maximum absolute atomic E-state index is 12.1. The lowest BCUT2D eigenvalue weighted by molar-refractivity contribution is -0.128. The van der Waals surface area contributed by atoms with Crippen LogP contribution in [0.4, 0.5) is 4.79 Å². The molecule has 2 aromatic rings. The molecule has 0 bridgehead atoms. The molecular weight excluding hydrogens is 400 g/mol. The summed E-state index contributed by atoms with van der Waals surface area (Å²) >= 11 is 0. The zero-order chi connectivity index (χ0) is 22.6. The molecule has 0 spiro atoms. The highest BCUT2D eigenvalue weighted by molar-refractivity contribution is 5.87. The van der Waals surface area contributed by atoms with Gasteiger partial charge in [0, 0.05) is 13.0 Å². The highest BCUT2D eigenvalue weighted by Crippen LogP contribution is 2.07. The van der Waals surface area contributed by atoms with Crippen molar-refractivity contribution in [1.29, 1.82) is 5.26 Å². The second-order valence-electron chi connectivity index (χ2n) is 6.84. The molecular formula is C22H24N4O5. The predicted octanol–water partition coefficient (Wildman–Crippen LogP) is 0.748. The summed E-state index contributed by atoms with van der Waals surface area (Å²) in [6, 6.07) is 16.6. The van der Waals surface area contributed by atoms with Gasteiger partial charge in [-0.05, 0) is 23.3 Å². The first kappa shape index (κ1) is 23.4. The van der Waals surface area contributed by atoms with Crippen molar-refractivity contribution in [3.8, 4) is 6.07 Å². The quantitative estimate of drug-likeness (QED) is 0.441. The Kier molecular flexibility index (Phi) is 9.01. The lowest BCUT2D eigenvalue weighted by atomic mass is 10.0. The van der Waals surface area contributed by atoms with Gasteiger partial charge in [-0.25, -0.2) is 4.79 Å². The molecule has 0 fully saturated rings. The number of amides is 3. The zero-order valence-corrected chi connectivity index (χ0v) is 16.8. The molecule has 9 heteroatoms. The van der Waals surface area contributed by atoms with E-state index in [1.54, 1.807) is 36.4 Å². The Morgan fingerprint density at radius 2 is 1.74 bits per heavy atom. The van der Waals surface area contributed by atoms with Crippen LogP contribution in [-0.4, -0.2) is 41.7 Å². The molecule has 0 aromatic heterocycles. The number of aliphatic hydroxyl groups is 1. The number of aliphatic hydroxyl groups excluding tert-OH is 1.